The van der Waals surface area contributed by atoms with E-state index in [4.69, 9.17) is 10.9 Å². The zero-order chi connectivity index (χ0) is 15.1. The highest BCUT2D eigenvalue weighted by molar-refractivity contribution is 5.85. The summed E-state index contributed by atoms with van der Waals surface area (Å²) < 4.78 is 0. The molecule has 0 aromatic heterocycles. The minimum Gasteiger partial charge on any atom is -0.409 e. The molecule has 0 saturated carbocycles. The van der Waals surface area contributed by atoms with Crippen LogP contribution < -0.4 is 5.73 Å². The summed E-state index contributed by atoms with van der Waals surface area (Å²) in [6, 6.07) is 0.630. The second-order valence-corrected chi connectivity index (χ2v) is 6.48. The van der Waals surface area contributed by atoms with Gasteiger partial charge in [-0.05, 0) is 31.7 Å². The first kappa shape index (κ1) is 18.2. The van der Waals surface area contributed by atoms with Crippen molar-refractivity contribution in [3.05, 3.63) is 0 Å². The van der Waals surface area contributed by atoms with E-state index in [1.807, 2.05) is 13.8 Å². The minimum atomic E-state index is -0.254. The molecule has 0 aliphatic heterocycles. The van der Waals surface area contributed by atoms with Gasteiger partial charge in [0, 0.05) is 18.0 Å². The van der Waals surface area contributed by atoms with Crippen molar-refractivity contribution in [3.63, 3.8) is 0 Å². The summed E-state index contributed by atoms with van der Waals surface area (Å²) in [4.78, 5) is 2.55. The van der Waals surface area contributed by atoms with Crippen molar-refractivity contribution in [2.45, 2.75) is 66.8 Å². The lowest BCUT2D eigenvalue weighted by Crippen LogP contribution is -2.41. The Labute approximate surface area is 119 Å². The Morgan fingerprint density at radius 2 is 1.79 bits per heavy atom. The van der Waals surface area contributed by atoms with Crippen LogP contribution >= 0.6 is 0 Å². The van der Waals surface area contributed by atoms with E-state index in [0.29, 0.717) is 17.8 Å². The highest BCUT2D eigenvalue weighted by Crippen LogP contribution is 2.23. The van der Waals surface area contributed by atoms with E-state index < -0.39 is 0 Å². The number of hydrogen-bond donors (Lipinski definition) is 2. The van der Waals surface area contributed by atoms with Gasteiger partial charge in [-0.1, -0.05) is 46.7 Å². The lowest BCUT2D eigenvalue weighted by Gasteiger charge is -2.34. The molecule has 0 amide bonds. The molecule has 0 aromatic rings. The maximum Gasteiger partial charge on any atom is 0.144 e. The summed E-state index contributed by atoms with van der Waals surface area (Å²) in [5.74, 6) is 0.981. The Morgan fingerprint density at radius 3 is 2.16 bits per heavy atom. The van der Waals surface area contributed by atoms with Crippen LogP contribution in [0.2, 0.25) is 0 Å². The first-order valence-electron chi connectivity index (χ1n) is 7.50. The molecule has 4 nitrogen and oxygen atoms in total. The van der Waals surface area contributed by atoms with E-state index in [2.05, 4.69) is 37.8 Å². The number of nitrogens with zero attached hydrogens (tertiary/aromatic N) is 2. The van der Waals surface area contributed by atoms with Crippen LogP contribution in [0, 0.1) is 11.3 Å². The highest BCUT2D eigenvalue weighted by Gasteiger charge is 2.26. The molecule has 0 bridgehead atoms. The van der Waals surface area contributed by atoms with Gasteiger partial charge in [-0.15, -0.1) is 0 Å². The molecule has 0 saturated heterocycles. The van der Waals surface area contributed by atoms with Crippen LogP contribution in [-0.2, 0) is 0 Å². The molecule has 0 aliphatic carbocycles. The molecule has 0 unspecified atom stereocenters. The van der Waals surface area contributed by atoms with Crippen LogP contribution in [0.5, 0.6) is 0 Å². The quantitative estimate of drug-likeness (QED) is 0.293. The van der Waals surface area contributed by atoms with Crippen LogP contribution in [0.25, 0.3) is 0 Å². The van der Waals surface area contributed by atoms with Crippen molar-refractivity contribution in [1.29, 1.82) is 0 Å². The van der Waals surface area contributed by atoms with E-state index in [-0.39, 0.29) is 5.41 Å². The number of nitrogens with two attached hydrogens (primary N) is 1. The fourth-order valence-electron chi connectivity index (χ4n) is 2.38. The van der Waals surface area contributed by atoms with Gasteiger partial charge in [0.1, 0.15) is 5.84 Å². The first-order valence-corrected chi connectivity index (χ1v) is 7.50. The summed E-state index contributed by atoms with van der Waals surface area (Å²) >= 11 is 0. The molecular formula is C15H33N3O. The first-order chi connectivity index (χ1) is 8.78. The summed E-state index contributed by atoms with van der Waals surface area (Å²) in [5.41, 5.74) is 5.51. The Bertz CT molecular complexity index is 271. The second-order valence-electron chi connectivity index (χ2n) is 6.48. The maximum absolute atomic E-state index is 8.83. The van der Waals surface area contributed by atoms with E-state index in [9.17, 15) is 0 Å². The molecule has 0 fully saturated rings. The van der Waals surface area contributed by atoms with Gasteiger partial charge in [0.25, 0.3) is 0 Å². The molecule has 0 spiro atoms. The highest BCUT2D eigenvalue weighted by atomic mass is 16.4. The van der Waals surface area contributed by atoms with Crippen molar-refractivity contribution >= 4 is 5.84 Å². The SMILES string of the molecule is CCC(CC)N(CCC(C)(C)C(N)=NO)CC(C)C. The minimum absolute atomic E-state index is 0.254. The van der Waals surface area contributed by atoms with Crippen molar-refractivity contribution in [1.82, 2.24) is 4.90 Å². The average molecular weight is 271 g/mol. The molecule has 0 aromatic carbocycles. The molecule has 0 aliphatic rings. The number of amidine groups is 1. The Balaban J connectivity index is 4.65. The standard InChI is InChI=1S/C15H33N3O/c1-7-13(8-2)18(11-12(3)4)10-9-15(5,6)14(16)17-19/h12-13,19H,7-11H2,1-6H3,(H2,16,17). The van der Waals surface area contributed by atoms with Gasteiger partial charge in [-0.25, -0.2) is 0 Å². The van der Waals surface area contributed by atoms with Gasteiger partial charge < -0.3 is 15.8 Å². The summed E-state index contributed by atoms with van der Waals surface area (Å²) in [6.45, 7) is 15.2. The average Bonchev–Trinajstić information content (AvgIpc) is 2.35. The van der Waals surface area contributed by atoms with Crippen LogP contribution in [0.4, 0.5) is 0 Å². The van der Waals surface area contributed by atoms with Crippen molar-refractivity contribution in [2.75, 3.05) is 13.1 Å². The predicted molar refractivity (Wildman–Crippen MR) is 82.6 cm³/mol. The summed E-state index contributed by atoms with van der Waals surface area (Å²) in [5, 5.41) is 12.0. The largest absolute Gasteiger partial charge is 0.409 e. The number of oxime groups is 1. The number of rotatable bonds is 9. The second kappa shape index (κ2) is 8.41. The van der Waals surface area contributed by atoms with Gasteiger partial charge in [-0.2, -0.15) is 0 Å². The van der Waals surface area contributed by atoms with E-state index in [0.717, 1.165) is 19.5 Å². The zero-order valence-corrected chi connectivity index (χ0v) is 13.6. The lowest BCUT2D eigenvalue weighted by atomic mass is 9.87. The predicted octanol–water partition coefficient (Wildman–Crippen LogP) is 3.30. The normalized spacial score (nSPS) is 13.8. The third kappa shape index (κ3) is 6.28. The fourth-order valence-corrected chi connectivity index (χ4v) is 2.38. The van der Waals surface area contributed by atoms with Gasteiger partial charge in [0.15, 0.2) is 0 Å². The van der Waals surface area contributed by atoms with Gasteiger partial charge in [0.05, 0.1) is 0 Å². The Hall–Kier alpha value is -0.770. The van der Waals surface area contributed by atoms with Gasteiger partial charge in [0.2, 0.25) is 0 Å². The summed E-state index contributed by atoms with van der Waals surface area (Å²) in [7, 11) is 0. The van der Waals surface area contributed by atoms with Gasteiger partial charge >= 0.3 is 0 Å². The molecule has 0 atom stereocenters. The molecule has 114 valence electrons. The van der Waals surface area contributed by atoms with E-state index >= 15 is 0 Å². The molecule has 0 radical (unpaired) electrons. The van der Waals surface area contributed by atoms with E-state index in [1.165, 1.54) is 12.8 Å². The zero-order valence-electron chi connectivity index (χ0n) is 13.6. The molecule has 3 N–H and O–H groups in total. The van der Waals surface area contributed by atoms with Crippen molar-refractivity contribution < 1.29 is 5.21 Å². The fraction of sp³-hybridized carbons (Fsp3) is 0.933. The molecular weight excluding hydrogens is 238 g/mol. The van der Waals surface area contributed by atoms with Crippen LogP contribution in [0.1, 0.15) is 60.8 Å². The van der Waals surface area contributed by atoms with Crippen molar-refractivity contribution in [3.8, 4) is 0 Å². The van der Waals surface area contributed by atoms with E-state index in [1.54, 1.807) is 0 Å². The maximum atomic E-state index is 8.83. The summed E-state index contributed by atoms with van der Waals surface area (Å²) in [6.07, 6.45) is 3.26. The lowest BCUT2D eigenvalue weighted by molar-refractivity contribution is 0.151. The van der Waals surface area contributed by atoms with Crippen LogP contribution in [0.15, 0.2) is 5.16 Å². The number of hydrogen-bond acceptors (Lipinski definition) is 3. The van der Waals surface area contributed by atoms with Crippen molar-refractivity contribution in [2.24, 2.45) is 22.2 Å². The Morgan fingerprint density at radius 1 is 1.26 bits per heavy atom. The molecule has 0 rings (SSSR count). The smallest absolute Gasteiger partial charge is 0.144 e. The van der Waals surface area contributed by atoms with Crippen LogP contribution in [-0.4, -0.2) is 35.1 Å². The third-order valence-corrected chi connectivity index (χ3v) is 3.88. The molecule has 19 heavy (non-hydrogen) atoms. The Kier molecular flexibility index (Phi) is 8.07. The molecule has 4 heteroatoms. The third-order valence-electron chi connectivity index (χ3n) is 3.88. The monoisotopic (exact) mass is 271 g/mol. The molecule has 0 heterocycles. The topological polar surface area (TPSA) is 61.8 Å². The van der Waals surface area contributed by atoms with Crippen LogP contribution in [0.3, 0.4) is 0 Å². The van der Waals surface area contributed by atoms with Gasteiger partial charge in [-0.3, -0.25) is 0 Å².